The van der Waals surface area contributed by atoms with Crippen molar-refractivity contribution in [3.8, 4) is 5.69 Å². The molecule has 0 aliphatic rings. The first kappa shape index (κ1) is 22.2. The molecule has 0 radical (unpaired) electrons. The largest absolute Gasteiger partial charge is 0.357 e. The van der Waals surface area contributed by atoms with Crippen molar-refractivity contribution in [3.63, 3.8) is 0 Å². The second-order valence-electron chi connectivity index (χ2n) is 5.95. The molecule has 6 nitrogen and oxygen atoms in total. The second kappa shape index (κ2) is 11.7. The standard InChI is InChI=1S/C20H23ClN6.HI/c1-2-22-20(23-12-11-16-7-6-8-17(21)13-16)24-14-19-26-25-15-27(19)18-9-4-3-5-10-18;/h3-10,13,15H,2,11-12,14H2,1H3,(H2,22,23,24);1H. The van der Waals surface area contributed by atoms with Crippen molar-refractivity contribution < 1.29 is 0 Å². The van der Waals surface area contributed by atoms with E-state index in [2.05, 4.69) is 31.9 Å². The van der Waals surface area contributed by atoms with Crippen LogP contribution >= 0.6 is 35.6 Å². The van der Waals surface area contributed by atoms with Gasteiger partial charge in [-0.25, -0.2) is 4.99 Å². The summed E-state index contributed by atoms with van der Waals surface area (Å²) in [4.78, 5) is 4.64. The van der Waals surface area contributed by atoms with E-state index in [4.69, 9.17) is 11.6 Å². The van der Waals surface area contributed by atoms with E-state index in [1.165, 1.54) is 5.56 Å². The van der Waals surface area contributed by atoms with Crippen LogP contribution in [0.2, 0.25) is 5.02 Å². The molecule has 0 aliphatic heterocycles. The molecule has 0 bridgehead atoms. The van der Waals surface area contributed by atoms with Crippen molar-refractivity contribution in [1.82, 2.24) is 25.4 Å². The maximum Gasteiger partial charge on any atom is 0.191 e. The minimum Gasteiger partial charge on any atom is -0.357 e. The van der Waals surface area contributed by atoms with Crippen molar-refractivity contribution in [2.24, 2.45) is 4.99 Å². The van der Waals surface area contributed by atoms with Gasteiger partial charge in [0.1, 0.15) is 12.9 Å². The maximum absolute atomic E-state index is 6.04. The van der Waals surface area contributed by atoms with Crippen LogP contribution in [0.5, 0.6) is 0 Å². The molecule has 1 aromatic heterocycles. The number of benzene rings is 2. The molecule has 28 heavy (non-hydrogen) atoms. The Bertz CT molecular complexity index is 881. The van der Waals surface area contributed by atoms with Crippen LogP contribution in [0.15, 0.2) is 65.9 Å². The van der Waals surface area contributed by atoms with Crippen molar-refractivity contribution in [1.29, 1.82) is 0 Å². The van der Waals surface area contributed by atoms with Crippen LogP contribution < -0.4 is 10.6 Å². The SMILES string of the molecule is CCNC(=NCc1nncn1-c1ccccc1)NCCc1cccc(Cl)c1.I. The third-order valence-corrected chi connectivity index (χ3v) is 4.21. The van der Waals surface area contributed by atoms with Crippen molar-refractivity contribution in [3.05, 3.63) is 77.3 Å². The molecule has 2 aromatic carbocycles. The lowest BCUT2D eigenvalue weighted by Gasteiger charge is -2.11. The number of hydrogen-bond donors (Lipinski definition) is 2. The monoisotopic (exact) mass is 510 g/mol. The topological polar surface area (TPSA) is 67.1 Å². The normalized spacial score (nSPS) is 11.0. The molecule has 0 saturated carbocycles. The van der Waals surface area contributed by atoms with Gasteiger partial charge < -0.3 is 10.6 Å². The number of nitrogens with one attached hydrogen (secondary N) is 2. The smallest absolute Gasteiger partial charge is 0.191 e. The Balaban J connectivity index is 0.00000280. The number of aliphatic imine (C=N–C) groups is 1. The van der Waals surface area contributed by atoms with E-state index in [1.54, 1.807) is 6.33 Å². The lowest BCUT2D eigenvalue weighted by Crippen LogP contribution is -2.38. The molecule has 2 N–H and O–H groups in total. The summed E-state index contributed by atoms with van der Waals surface area (Å²) in [6.45, 7) is 4.02. The van der Waals surface area contributed by atoms with Crippen LogP contribution in [0, 0.1) is 0 Å². The molecule has 3 rings (SSSR count). The lowest BCUT2D eigenvalue weighted by molar-refractivity contribution is 0.784. The summed E-state index contributed by atoms with van der Waals surface area (Å²) in [7, 11) is 0. The summed E-state index contributed by atoms with van der Waals surface area (Å²) >= 11 is 6.04. The fourth-order valence-corrected chi connectivity index (χ4v) is 2.89. The Kier molecular flexibility index (Phi) is 9.22. The number of para-hydroxylation sites is 1. The second-order valence-corrected chi connectivity index (χ2v) is 6.39. The van der Waals surface area contributed by atoms with Gasteiger partial charge in [-0.3, -0.25) is 4.57 Å². The molecule has 0 spiro atoms. The molecule has 148 valence electrons. The Labute approximate surface area is 187 Å². The average molecular weight is 511 g/mol. The van der Waals surface area contributed by atoms with Crippen molar-refractivity contribution in [2.75, 3.05) is 13.1 Å². The lowest BCUT2D eigenvalue weighted by atomic mass is 10.1. The predicted octanol–water partition coefficient (Wildman–Crippen LogP) is 3.84. The Morgan fingerprint density at radius 3 is 2.68 bits per heavy atom. The first-order valence-electron chi connectivity index (χ1n) is 8.97. The summed E-state index contributed by atoms with van der Waals surface area (Å²) in [5, 5.41) is 15.6. The predicted molar refractivity (Wildman–Crippen MR) is 125 cm³/mol. The van der Waals surface area contributed by atoms with Crippen LogP contribution in [-0.2, 0) is 13.0 Å². The van der Waals surface area contributed by atoms with E-state index in [9.17, 15) is 0 Å². The highest BCUT2D eigenvalue weighted by atomic mass is 127. The fourth-order valence-electron chi connectivity index (χ4n) is 2.68. The molecule has 1 heterocycles. The van der Waals surface area contributed by atoms with Gasteiger partial charge in [0.25, 0.3) is 0 Å². The number of halogens is 2. The van der Waals surface area contributed by atoms with E-state index in [1.807, 2.05) is 60.0 Å². The molecule has 0 unspecified atom stereocenters. The minimum absolute atomic E-state index is 0. The van der Waals surface area contributed by atoms with Crippen LogP contribution in [0.4, 0.5) is 0 Å². The van der Waals surface area contributed by atoms with E-state index < -0.39 is 0 Å². The first-order valence-corrected chi connectivity index (χ1v) is 9.35. The molecular weight excluding hydrogens is 487 g/mol. The highest BCUT2D eigenvalue weighted by molar-refractivity contribution is 14.0. The fraction of sp³-hybridized carbons (Fsp3) is 0.250. The zero-order valence-corrected chi connectivity index (χ0v) is 18.8. The van der Waals surface area contributed by atoms with E-state index in [0.717, 1.165) is 42.0 Å². The van der Waals surface area contributed by atoms with Crippen LogP contribution in [0.1, 0.15) is 18.3 Å². The summed E-state index contributed by atoms with van der Waals surface area (Å²) in [6.07, 6.45) is 2.57. The number of aromatic nitrogens is 3. The van der Waals surface area contributed by atoms with Crippen LogP contribution in [0.25, 0.3) is 5.69 Å². The zero-order chi connectivity index (χ0) is 18.9. The van der Waals surface area contributed by atoms with Gasteiger partial charge in [0.05, 0.1) is 0 Å². The highest BCUT2D eigenvalue weighted by Gasteiger charge is 2.06. The van der Waals surface area contributed by atoms with E-state index in [0.29, 0.717) is 6.54 Å². The highest BCUT2D eigenvalue weighted by Crippen LogP contribution is 2.11. The van der Waals surface area contributed by atoms with Gasteiger partial charge in [0.2, 0.25) is 0 Å². The van der Waals surface area contributed by atoms with Gasteiger partial charge in [0, 0.05) is 23.8 Å². The van der Waals surface area contributed by atoms with Crippen LogP contribution in [-0.4, -0.2) is 33.8 Å². The van der Waals surface area contributed by atoms with E-state index >= 15 is 0 Å². The Hall–Kier alpha value is -2.13. The van der Waals surface area contributed by atoms with Gasteiger partial charge in [-0.15, -0.1) is 34.2 Å². The number of hydrogen-bond acceptors (Lipinski definition) is 3. The van der Waals surface area contributed by atoms with Crippen molar-refractivity contribution in [2.45, 2.75) is 19.9 Å². The summed E-state index contributed by atoms with van der Waals surface area (Å²) in [6, 6.07) is 17.9. The molecule has 0 amide bonds. The van der Waals surface area contributed by atoms with Crippen molar-refractivity contribution >= 4 is 41.5 Å². The Morgan fingerprint density at radius 1 is 1.11 bits per heavy atom. The van der Waals surface area contributed by atoms with Gasteiger partial charge in [0.15, 0.2) is 11.8 Å². The van der Waals surface area contributed by atoms with Gasteiger partial charge in [-0.1, -0.05) is 41.9 Å². The molecule has 8 heteroatoms. The first-order chi connectivity index (χ1) is 13.3. The molecular formula is C20H24ClIN6. The van der Waals surface area contributed by atoms with Gasteiger partial charge >= 0.3 is 0 Å². The summed E-state index contributed by atoms with van der Waals surface area (Å²) < 4.78 is 1.94. The third-order valence-electron chi connectivity index (χ3n) is 3.97. The zero-order valence-electron chi connectivity index (χ0n) is 15.7. The van der Waals surface area contributed by atoms with Gasteiger partial charge in [-0.05, 0) is 43.2 Å². The maximum atomic E-state index is 6.04. The molecule has 0 aliphatic carbocycles. The molecule has 0 fully saturated rings. The van der Waals surface area contributed by atoms with E-state index in [-0.39, 0.29) is 24.0 Å². The number of nitrogens with zero attached hydrogens (tertiary/aromatic N) is 4. The number of guanidine groups is 1. The third kappa shape index (κ3) is 6.49. The van der Waals surface area contributed by atoms with Gasteiger partial charge in [-0.2, -0.15) is 0 Å². The van der Waals surface area contributed by atoms with Crippen LogP contribution in [0.3, 0.4) is 0 Å². The summed E-state index contributed by atoms with van der Waals surface area (Å²) in [5.41, 5.74) is 2.21. The summed E-state index contributed by atoms with van der Waals surface area (Å²) in [5.74, 6) is 1.54. The number of rotatable bonds is 7. The molecule has 3 aromatic rings. The minimum atomic E-state index is 0. The molecule has 0 atom stereocenters. The Morgan fingerprint density at radius 2 is 1.93 bits per heavy atom. The average Bonchev–Trinajstić information content (AvgIpc) is 3.15. The quantitative estimate of drug-likeness (QED) is 0.288. The molecule has 0 saturated heterocycles.